The summed E-state index contributed by atoms with van der Waals surface area (Å²) in [5, 5.41) is 0. The highest BCUT2D eigenvalue weighted by molar-refractivity contribution is 6.10. The first-order chi connectivity index (χ1) is 14.0. The van der Waals surface area contributed by atoms with Crippen LogP contribution in [0.3, 0.4) is 0 Å². The summed E-state index contributed by atoms with van der Waals surface area (Å²) in [7, 11) is 2.78. The van der Waals surface area contributed by atoms with E-state index in [9.17, 15) is 9.59 Å². The average molecular weight is 388 g/mol. The number of esters is 2. The van der Waals surface area contributed by atoms with Crippen molar-refractivity contribution in [1.82, 2.24) is 0 Å². The van der Waals surface area contributed by atoms with Crippen molar-refractivity contribution in [2.75, 3.05) is 14.2 Å². The van der Waals surface area contributed by atoms with Crippen molar-refractivity contribution in [3.05, 3.63) is 82.4 Å². The molecular weight excluding hydrogens is 368 g/mol. The predicted octanol–water partition coefficient (Wildman–Crippen LogP) is 3.50. The number of hydrogen-bond donors (Lipinski definition) is 0. The van der Waals surface area contributed by atoms with E-state index in [0.29, 0.717) is 11.1 Å². The van der Waals surface area contributed by atoms with Crippen LogP contribution in [0.15, 0.2) is 65.7 Å². The van der Waals surface area contributed by atoms with E-state index >= 15 is 0 Å². The van der Waals surface area contributed by atoms with Gasteiger partial charge < -0.3 is 14.2 Å². The molecule has 0 unspecified atom stereocenters. The van der Waals surface area contributed by atoms with Gasteiger partial charge in [0, 0.05) is 12.7 Å². The zero-order chi connectivity index (χ0) is 20.4. The van der Waals surface area contributed by atoms with E-state index in [1.165, 1.54) is 14.2 Å². The molecule has 0 amide bonds. The standard InChI is InChI=1S/C24H20O5/c1-14-19(15-9-5-4-6-10-15)18-13-16-11-7-8-12-17(16)24(28-3)22(26)29-20(14)23(18,24)21(25)27-2/h4-13,20H,1-3H3/t20-,23+,24+/m1/s1. The normalized spacial score (nSPS) is 29.1. The minimum atomic E-state index is -1.61. The molecule has 2 aromatic rings. The van der Waals surface area contributed by atoms with Crippen LogP contribution in [0.2, 0.25) is 0 Å². The fourth-order valence-corrected chi connectivity index (χ4v) is 5.38. The first-order valence-corrected chi connectivity index (χ1v) is 9.47. The number of fused-ring (bicyclic) bond motifs is 2. The van der Waals surface area contributed by atoms with Crippen LogP contribution in [0.5, 0.6) is 0 Å². The maximum Gasteiger partial charge on any atom is 0.345 e. The van der Waals surface area contributed by atoms with Crippen LogP contribution < -0.4 is 0 Å². The van der Waals surface area contributed by atoms with Crippen molar-refractivity contribution in [2.45, 2.75) is 18.6 Å². The molecular formula is C24H20O5. The highest BCUT2D eigenvalue weighted by atomic mass is 16.6. The summed E-state index contributed by atoms with van der Waals surface area (Å²) < 4.78 is 17.1. The first kappa shape index (κ1) is 17.9. The largest absolute Gasteiger partial charge is 0.468 e. The fraction of sp³-hybridized carbons (Fsp3) is 0.250. The monoisotopic (exact) mass is 388 g/mol. The molecule has 3 atom stereocenters. The van der Waals surface area contributed by atoms with Crippen molar-refractivity contribution >= 4 is 23.6 Å². The molecule has 0 N–H and O–H groups in total. The second-order valence-corrected chi connectivity index (χ2v) is 7.54. The maximum atomic E-state index is 13.5. The lowest BCUT2D eigenvalue weighted by atomic mass is 9.59. The van der Waals surface area contributed by atoms with Crippen LogP contribution in [0.25, 0.3) is 11.6 Å². The van der Waals surface area contributed by atoms with E-state index in [1.807, 2.05) is 67.6 Å². The predicted molar refractivity (Wildman–Crippen MR) is 106 cm³/mol. The molecule has 5 nitrogen and oxygen atoms in total. The molecule has 29 heavy (non-hydrogen) atoms. The summed E-state index contributed by atoms with van der Waals surface area (Å²) in [4.78, 5) is 26.8. The molecule has 0 radical (unpaired) electrons. The van der Waals surface area contributed by atoms with Crippen molar-refractivity contribution in [2.24, 2.45) is 5.41 Å². The van der Waals surface area contributed by atoms with Crippen LogP contribution >= 0.6 is 0 Å². The van der Waals surface area contributed by atoms with Crippen molar-refractivity contribution in [3.63, 3.8) is 0 Å². The van der Waals surface area contributed by atoms with Gasteiger partial charge in [0.2, 0.25) is 5.60 Å². The summed E-state index contributed by atoms with van der Waals surface area (Å²) >= 11 is 0. The van der Waals surface area contributed by atoms with E-state index in [4.69, 9.17) is 14.2 Å². The molecule has 0 spiro atoms. The third-order valence-corrected chi connectivity index (χ3v) is 6.46. The van der Waals surface area contributed by atoms with E-state index in [0.717, 1.165) is 22.3 Å². The summed E-state index contributed by atoms with van der Waals surface area (Å²) in [6, 6.07) is 17.3. The smallest absolute Gasteiger partial charge is 0.345 e. The molecule has 5 rings (SSSR count). The van der Waals surface area contributed by atoms with Crippen LogP contribution in [-0.2, 0) is 29.4 Å². The number of carbonyl (C=O) groups excluding carboxylic acids is 2. The molecule has 0 bridgehead atoms. The molecule has 0 saturated carbocycles. The summed E-state index contributed by atoms with van der Waals surface area (Å²) in [6.07, 6.45) is 1.18. The Morgan fingerprint density at radius 1 is 1.03 bits per heavy atom. The Hall–Kier alpha value is -3.18. The zero-order valence-corrected chi connectivity index (χ0v) is 16.4. The van der Waals surface area contributed by atoms with E-state index in [-0.39, 0.29) is 0 Å². The van der Waals surface area contributed by atoms with Gasteiger partial charge in [-0.2, -0.15) is 0 Å². The molecule has 1 saturated heterocycles. The lowest BCUT2D eigenvalue weighted by molar-refractivity contribution is -0.175. The van der Waals surface area contributed by atoms with Crippen molar-refractivity contribution < 1.29 is 23.8 Å². The third kappa shape index (κ3) is 1.84. The number of hydrogen-bond acceptors (Lipinski definition) is 5. The molecule has 5 heteroatoms. The number of benzene rings is 2. The highest BCUT2D eigenvalue weighted by Crippen LogP contribution is 2.68. The zero-order valence-electron chi connectivity index (χ0n) is 16.4. The SMILES string of the molecule is COC(=O)[C@@]12C3=Cc4ccccc4[C@]1(OC)C(=O)O[C@@H]2C(C)=C3c1ccccc1. The lowest BCUT2D eigenvalue weighted by Gasteiger charge is -2.43. The quantitative estimate of drug-likeness (QED) is 0.753. The van der Waals surface area contributed by atoms with Gasteiger partial charge >= 0.3 is 11.9 Å². The molecule has 1 heterocycles. The Kier molecular flexibility index (Phi) is 3.64. The van der Waals surface area contributed by atoms with E-state index in [1.54, 1.807) is 0 Å². The first-order valence-electron chi connectivity index (χ1n) is 9.47. The van der Waals surface area contributed by atoms with Crippen LogP contribution in [0, 0.1) is 5.41 Å². The summed E-state index contributed by atoms with van der Waals surface area (Å²) in [5.41, 5.74) is 1.76. The summed E-state index contributed by atoms with van der Waals surface area (Å²) in [5.74, 6) is -1.11. The number of carbonyl (C=O) groups is 2. The molecule has 0 aromatic heterocycles. The van der Waals surface area contributed by atoms with E-state index in [2.05, 4.69) is 0 Å². The van der Waals surface area contributed by atoms with Crippen LogP contribution in [0.4, 0.5) is 0 Å². The van der Waals surface area contributed by atoms with Gasteiger partial charge in [-0.25, -0.2) is 4.79 Å². The number of rotatable bonds is 3. The van der Waals surface area contributed by atoms with Gasteiger partial charge in [-0.05, 0) is 40.8 Å². The Morgan fingerprint density at radius 3 is 2.41 bits per heavy atom. The highest BCUT2D eigenvalue weighted by Gasteiger charge is 2.80. The van der Waals surface area contributed by atoms with Gasteiger partial charge in [0.1, 0.15) is 6.10 Å². The van der Waals surface area contributed by atoms with Crippen molar-refractivity contribution in [3.8, 4) is 0 Å². The Bertz CT molecular complexity index is 1110. The van der Waals surface area contributed by atoms with Crippen LogP contribution in [0.1, 0.15) is 23.6 Å². The van der Waals surface area contributed by atoms with Crippen molar-refractivity contribution in [1.29, 1.82) is 0 Å². The van der Waals surface area contributed by atoms with Crippen LogP contribution in [-0.4, -0.2) is 32.3 Å². The molecule has 2 aromatic carbocycles. The second kappa shape index (κ2) is 5.91. The number of allylic oxidation sites excluding steroid dienone is 1. The number of ether oxygens (including phenoxy) is 3. The third-order valence-electron chi connectivity index (χ3n) is 6.46. The van der Waals surface area contributed by atoms with Gasteiger partial charge in [-0.3, -0.25) is 4.79 Å². The second-order valence-electron chi connectivity index (χ2n) is 7.54. The topological polar surface area (TPSA) is 61.8 Å². The Balaban J connectivity index is 1.93. The molecule has 3 aliphatic rings. The average Bonchev–Trinajstić information content (AvgIpc) is 3.17. The lowest BCUT2D eigenvalue weighted by Crippen LogP contribution is -2.57. The van der Waals surface area contributed by atoms with Gasteiger partial charge in [-0.1, -0.05) is 54.6 Å². The van der Waals surface area contributed by atoms with E-state index < -0.39 is 29.1 Å². The maximum absolute atomic E-state index is 13.5. The van der Waals surface area contributed by atoms with Gasteiger partial charge in [0.25, 0.3) is 0 Å². The fourth-order valence-electron chi connectivity index (χ4n) is 5.38. The molecule has 1 fully saturated rings. The summed E-state index contributed by atoms with van der Waals surface area (Å²) in [6.45, 7) is 1.90. The minimum absolute atomic E-state index is 0.541. The Labute approximate surface area is 168 Å². The molecule has 1 aliphatic heterocycles. The Morgan fingerprint density at radius 2 is 1.72 bits per heavy atom. The van der Waals surface area contributed by atoms with Gasteiger partial charge in [0.05, 0.1) is 7.11 Å². The molecule has 146 valence electrons. The number of methoxy groups -OCH3 is 2. The van der Waals surface area contributed by atoms with Gasteiger partial charge in [-0.15, -0.1) is 0 Å². The minimum Gasteiger partial charge on any atom is -0.468 e. The molecule has 2 aliphatic carbocycles. The van der Waals surface area contributed by atoms with Gasteiger partial charge in [0.15, 0.2) is 5.41 Å².